The van der Waals surface area contributed by atoms with Gasteiger partial charge in [0.1, 0.15) is 0 Å². The fraction of sp³-hybridized carbons (Fsp3) is 0.308. The highest BCUT2D eigenvalue weighted by molar-refractivity contribution is 7.16. The monoisotopic (exact) mass is 277 g/mol. The van der Waals surface area contributed by atoms with E-state index in [1.807, 2.05) is 18.2 Å². The molecule has 0 aliphatic heterocycles. The van der Waals surface area contributed by atoms with Crippen LogP contribution in [0.25, 0.3) is 10.2 Å². The number of amides is 2. The lowest BCUT2D eigenvalue weighted by atomic mass is 10.2. The number of thiazole rings is 1. The zero-order chi connectivity index (χ0) is 13.8. The van der Waals surface area contributed by atoms with Crippen LogP contribution in [-0.4, -0.2) is 22.8 Å². The molecule has 2 amide bonds. The second-order valence-corrected chi connectivity index (χ2v) is 5.28. The molecular formula is C13H15N3O2S. The molecule has 2 aromatic rings. The summed E-state index contributed by atoms with van der Waals surface area (Å²) in [4.78, 5) is 26.9. The maximum absolute atomic E-state index is 11.8. The van der Waals surface area contributed by atoms with Crippen molar-refractivity contribution >= 4 is 39.1 Å². The first-order valence-corrected chi connectivity index (χ1v) is 6.83. The maximum Gasteiger partial charge on any atom is 0.226 e. The van der Waals surface area contributed by atoms with Crippen LogP contribution in [0.3, 0.4) is 0 Å². The molecule has 19 heavy (non-hydrogen) atoms. The van der Waals surface area contributed by atoms with Crippen LogP contribution in [0.2, 0.25) is 0 Å². The van der Waals surface area contributed by atoms with Gasteiger partial charge in [-0.3, -0.25) is 9.59 Å². The summed E-state index contributed by atoms with van der Waals surface area (Å²) in [6, 6.07) is 5.44. The van der Waals surface area contributed by atoms with E-state index in [0.717, 1.165) is 15.9 Å². The van der Waals surface area contributed by atoms with Crippen molar-refractivity contribution < 1.29 is 9.59 Å². The molecule has 0 aliphatic carbocycles. The molecule has 1 heterocycles. The Hall–Kier alpha value is -1.95. The molecular weight excluding hydrogens is 262 g/mol. The van der Waals surface area contributed by atoms with Crippen molar-refractivity contribution in [3.05, 3.63) is 23.7 Å². The van der Waals surface area contributed by atoms with Crippen LogP contribution < -0.4 is 10.6 Å². The molecule has 6 heteroatoms. The summed E-state index contributed by atoms with van der Waals surface area (Å²) in [7, 11) is 0. The van der Waals surface area contributed by atoms with Gasteiger partial charge in [0.05, 0.1) is 15.7 Å². The van der Waals surface area contributed by atoms with E-state index in [2.05, 4.69) is 15.6 Å². The number of fused-ring (bicyclic) bond motifs is 1. The molecule has 1 atom stereocenters. The molecule has 0 radical (unpaired) electrons. The summed E-state index contributed by atoms with van der Waals surface area (Å²) in [5, 5.41) is 5.48. The van der Waals surface area contributed by atoms with Crippen LogP contribution in [0, 0.1) is 0 Å². The van der Waals surface area contributed by atoms with Gasteiger partial charge < -0.3 is 10.6 Å². The Morgan fingerprint density at radius 1 is 1.42 bits per heavy atom. The lowest BCUT2D eigenvalue weighted by molar-refractivity contribution is -0.120. The number of anilines is 1. The number of hydrogen-bond acceptors (Lipinski definition) is 4. The van der Waals surface area contributed by atoms with Crippen molar-refractivity contribution in [1.29, 1.82) is 0 Å². The minimum Gasteiger partial charge on any atom is -0.353 e. The summed E-state index contributed by atoms with van der Waals surface area (Å²) >= 11 is 1.56. The molecule has 0 bridgehead atoms. The quantitative estimate of drug-likeness (QED) is 0.899. The van der Waals surface area contributed by atoms with Gasteiger partial charge in [0.25, 0.3) is 0 Å². The lowest BCUT2D eigenvalue weighted by Gasteiger charge is -2.12. The molecule has 1 aromatic carbocycles. The molecule has 2 N–H and O–H groups in total. The Kier molecular flexibility index (Phi) is 4.11. The molecule has 5 nitrogen and oxygen atoms in total. The van der Waals surface area contributed by atoms with Gasteiger partial charge in [-0.25, -0.2) is 4.98 Å². The number of carbonyl (C=O) groups excluding carboxylic acids is 2. The molecule has 1 aromatic heterocycles. The van der Waals surface area contributed by atoms with Crippen molar-refractivity contribution in [3.63, 3.8) is 0 Å². The van der Waals surface area contributed by atoms with E-state index in [-0.39, 0.29) is 24.3 Å². The average molecular weight is 277 g/mol. The van der Waals surface area contributed by atoms with Gasteiger partial charge in [-0.2, -0.15) is 0 Å². The predicted octanol–water partition coefficient (Wildman–Crippen LogP) is 2.15. The number of rotatable bonds is 4. The molecule has 100 valence electrons. The molecule has 2 rings (SSSR count). The van der Waals surface area contributed by atoms with Gasteiger partial charge >= 0.3 is 0 Å². The van der Waals surface area contributed by atoms with E-state index >= 15 is 0 Å². The molecule has 1 unspecified atom stereocenters. The third kappa shape index (κ3) is 3.75. The van der Waals surface area contributed by atoms with E-state index in [9.17, 15) is 9.59 Å². The molecule has 0 aliphatic rings. The van der Waals surface area contributed by atoms with E-state index < -0.39 is 0 Å². The summed E-state index contributed by atoms with van der Waals surface area (Å²) in [5.74, 6) is -0.264. The van der Waals surface area contributed by atoms with E-state index in [1.165, 1.54) is 6.92 Å². The second-order valence-electron chi connectivity index (χ2n) is 4.39. The Labute approximate surface area is 115 Å². The van der Waals surface area contributed by atoms with Gasteiger partial charge in [-0.15, -0.1) is 11.3 Å². The Morgan fingerprint density at radius 3 is 2.95 bits per heavy atom. The van der Waals surface area contributed by atoms with Gasteiger partial charge in [0.2, 0.25) is 11.8 Å². The minimum absolute atomic E-state index is 0.129. The number of benzene rings is 1. The number of nitrogens with zero attached hydrogens (tertiary/aromatic N) is 1. The van der Waals surface area contributed by atoms with Crippen LogP contribution in [0.4, 0.5) is 5.69 Å². The van der Waals surface area contributed by atoms with E-state index in [4.69, 9.17) is 0 Å². The summed E-state index contributed by atoms with van der Waals surface area (Å²) in [5.41, 5.74) is 3.37. The zero-order valence-electron chi connectivity index (χ0n) is 10.8. The SMILES string of the molecule is CC(=O)NC(C)CC(=O)Nc1ccc2scnc2c1. The topological polar surface area (TPSA) is 71.1 Å². The van der Waals surface area contributed by atoms with Crippen LogP contribution in [-0.2, 0) is 9.59 Å². The number of aromatic nitrogens is 1. The van der Waals surface area contributed by atoms with Crippen LogP contribution in [0.1, 0.15) is 20.3 Å². The van der Waals surface area contributed by atoms with Crippen molar-refractivity contribution in [2.45, 2.75) is 26.3 Å². The third-order valence-corrected chi connectivity index (χ3v) is 3.37. The normalized spacial score (nSPS) is 12.1. The van der Waals surface area contributed by atoms with Crippen molar-refractivity contribution in [1.82, 2.24) is 10.3 Å². The van der Waals surface area contributed by atoms with Crippen molar-refractivity contribution in [2.24, 2.45) is 0 Å². The predicted molar refractivity (Wildman–Crippen MR) is 76.1 cm³/mol. The smallest absolute Gasteiger partial charge is 0.226 e. The first kappa shape index (κ1) is 13.5. The summed E-state index contributed by atoms with van der Waals surface area (Å²) in [6.07, 6.45) is 0.245. The fourth-order valence-corrected chi connectivity index (χ4v) is 2.48. The van der Waals surface area contributed by atoms with Crippen LogP contribution in [0.15, 0.2) is 23.7 Å². The number of hydrogen-bond donors (Lipinski definition) is 2. The average Bonchev–Trinajstić information content (AvgIpc) is 2.74. The zero-order valence-corrected chi connectivity index (χ0v) is 11.6. The first-order chi connectivity index (χ1) is 9.04. The second kappa shape index (κ2) is 5.79. The molecule has 0 fully saturated rings. The van der Waals surface area contributed by atoms with Crippen molar-refractivity contribution in [3.8, 4) is 0 Å². The highest BCUT2D eigenvalue weighted by Crippen LogP contribution is 2.21. The molecule has 0 saturated heterocycles. The third-order valence-electron chi connectivity index (χ3n) is 2.56. The maximum atomic E-state index is 11.8. The standard InChI is InChI=1S/C13H15N3O2S/c1-8(15-9(2)17)5-13(18)16-10-3-4-12-11(6-10)14-7-19-12/h3-4,6-8H,5H2,1-2H3,(H,15,17)(H,16,18). The number of carbonyl (C=O) groups is 2. The lowest BCUT2D eigenvalue weighted by Crippen LogP contribution is -2.33. The Bertz CT molecular complexity index is 609. The van der Waals surface area contributed by atoms with Gasteiger partial charge in [0, 0.05) is 25.1 Å². The van der Waals surface area contributed by atoms with Gasteiger partial charge in [0.15, 0.2) is 0 Å². The van der Waals surface area contributed by atoms with Crippen LogP contribution >= 0.6 is 11.3 Å². The Morgan fingerprint density at radius 2 is 2.21 bits per heavy atom. The first-order valence-electron chi connectivity index (χ1n) is 5.95. The van der Waals surface area contributed by atoms with E-state index in [1.54, 1.807) is 23.8 Å². The number of nitrogens with one attached hydrogen (secondary N) is 2. The van der Waals surface area contributed by atoms with E-state index in [0.29, 0.717) is 0 Å². The molecule has 0 spiro atoms. The minimum atomic E-state index is -0.180. The Balaban J connectivity index is 1.96. The summed E-state index contributed by atoms with van der Waals surface area (Å²) < 4.78 is 1.09. The van der Waals surface area contributed by atoms with Crippen molar-refractivity contribution in [2.75, 3.05) is 5.32 Å². The largest absolute Gasteiger partial charge is 0.353 e. The highest BCUT2D eigenvalue weighted by Gasteiger charge is 2.10. The molecule has 0 saturated carbocycles. The van der Waals surface area contributed by atoms with Gasteiger partial charge in [-0.05, 0) is 25.1 Å². The highest BCUT2D eigenvalue weighted by atomic mass is 32.1. The fourth-order valence-electron chi connectivity index (χ4n) is 1.82. The van der Waals surface area contributed by atoms with Crippen LogP contribution in [0.5, 0.6) is 0 Å². The van der Waals surface area contributed by atoms with Gasteiger partial charge in [-0.1, -0.05) is 0 Å². The summed E-state index contributed by atoms with van der Waals surface area (Å²) in [6.45, 7) is 3.23.